The number of pyridine rings is 1. The summed E-state index contributed by atoms with van der Waals surface area (Å²) in [6, 6.07) is 9.19. The summed E-state index contributed by atoms with van der Waals surface area (Å²) < 4.78 is 28.2. The summed E-state index contributed by atoms with van der Waals surface area (Å²) in [6.45, 7) is 0.933. The Morgan fingerprint density at radius 3 is 2.68 bits per heavy atom. The number of halogens is 2. The molecule has 0 aliphatic carbocycles. The highest BCUT2D eigenvalue weighted by Gasteiger charge is 2.06. The zero-order valence-electron chi connectivity index (χ0n) is 13.7. The lowest BCUT2D eigenvalue weighted by atomic mass is 10.1. The first kappa shape index (κ1) is 16.8. The van der Waals surface area contributed by atoms with Gasteiger partial charge in [0.05, 0.1) is 6.54 Å². The number of aromatic nitrogens is 3. The van der Waals surface area contributed by atoms with E-state index in [1.165, 1.54) is 12.1 Å². The Balaban J connectivity index is 1.53. The number of hydrogen-bond acceptors (Lipinski definition) is 3. The molecule has 0 radical (unpaired) electrons. The van der Waals surface area contributed by atoms with Gasteiger partial charge in [0, 0.05) is 25.9 Å². The molecule has 0 amide bonds. The monoisotopic (exact) mass is 344 g/mol. The molecule has 3 rings (SSSR count). The molecular weight excluding hydrogens is 326 g/mol. The average molecular weight is 344 g/mol. The first-order chi connectivity index (χ1) is 12.2. The quantitative estimate of drug-likeness (QED) is 0.548. The fraction of sp³-hybridized carbons (Fsp3) is 0.235. The van der Waals surface area contributed by atoms with E-state index >= 15 is 0 Å². The summed E-state index contributed by atoms with van der Waals surface area (Å²) in [5, 5.41) is 14.5. The van der Waals surface area contributed by atoms with E-state index in [0.717, 1.165) is 17.5 Å². The van der Waals surface area contributed by atoms with Crippen molar-refractivity contribution in [2.75, 3.05) is 13.6 Å². The SMILES string of the molecule is CN=C(NCCc1cc(F)cc(F)c1)NCc1nnc2ccccn12. The molecule has 130 valence electrons. The fourth-order valence-corrected chi connectivity index (χ4v) is 2.48. The molecule has 6 nitrogen and oxygen atoms in total. The van der Waals surface area contributed by atoms with Crippen LogP contribution in [0.2, 0.25) is 0 Å². The molecule has 0 fully saturated rings. The predicted octanol–water partition coefficient (Wildman–Crippen LogP) is 1.92. The summed E-state index contributed by atoms with van der Waals surface area (Å²) in [7, 11) is 1.65. The zero-order valence-corrected chi connectivity index (χ0v) is 13.7. The van der Waals surface area contributed by atoms with Crippen LogP contribution in [0.1, 0.15) is 11.4 Å². The molecule has 0 aliphatic rings. The van der Waals surface area contributed by atoms with Gasteiger partial charge in [-0.2, -0.15) is 0 Å². The second-order valence-corrected chi connectivity index (χ2v) is 5.43. The van der Waals surface area contributed by atoms with Gasteiger partial charge in [-0.1, -0.05) is 6.07 Å². The summed E-state index contributed by atoms with van der Waals surface area (Å²) in [5.41, 5.74) is 1.36. The maximum absolute atomic E-state index is 13.2. The summed E-state index contributed by atoms with van der Waals surface area (Å²) >= 11 is 0. The number of rotatable bonds is 5. The van der Waals surface area contributed by atoms with Gasteiger partial charge in [0.25, 0.3) is 0 Å². The van der Waals surface area contributed by atoms with E-state index in [1.807, 2.05) is 28.8 Å². The van der Waals surface area contributed by atoms with Crippen LogP contribution in [0.25, 0.3) is 5.65 Å². The van der Waals surface area contributed by atoms with Gasteiger partial charge in [-0.05, 0) is 36.2 Å². The van der Waals surface area contributed by atoms with Crippen LogP contribution in [0.4, 0.5) is 8.78 Å². The number of nitrogens with zero attached hydrogens (tertiary/aromatic N) is 4. The van der Waals surface area contributed by atoms with Gasteiger partial charge in [0.1, 0.15) is 11.6 Å². The highest BCUT2D eigenvalue weighted by Crippen LogP contribution is 2.08. The van der Waals surface area contributed by atoms with E-state index in [2.05, 4.69) is 25.8 Å². The summed E-state index contributed by atoms with van der Waals surface area (Å²) in [4.78, 5) is 4.12. The number of fused-ring (bicyclic) bond motifs is 1. The first-order valence-corrected chi connectivity index (χ1v) is 7.84. The van der Waals surface area contributed by atoms with Crippen LogP contribution in [-0.4, -0.2) is 34.2 Å². The normalized spacial score (nSPS) is 11.7. The van der Waals surface area contributed by atoms with Gasteiger partial charge in [0.2, 0.25) is 0 Å². The highest BCUT2D eigenvalue weighted by atomic mass is 19.1. The van der Waals surface area contributed by atoms with Crippen LogP contribution in [0.15, 0.2) is 47.6 Å². The molecule has 0 atom stereocenters. The van der Waals surface area contributed by atoms with Crippen molar-refractivity contribution in [1.29, 1.82) is 0 Å². The predicted molar refractivity (Wildman–Crippen MR) is 91.3 cm³/mol. The van der Waals surface area contributed by atoms with E-state index in [0.29, 0.717) is 31.0 Å². The van der Waals surface area contributed by atoms with Crippen molar-refractivity contribution in [3.05, 3.63) is 65.6 Å². The van der Waals surface area contributed by atoms with E-state index < -0.39 is 11.6 Å². The van der Waals surface area contributed by atoms with Gasteiger partial charge in [-0.15, -0.1) is 10.2 Å². The van der Waals surface area contributed by atoms with Gasteiger partial charge in [0.15, 0.2) is 17.4 Å². The van der Waals surface area contributed by atoms with Crippen LogP contribution in [0.3, 0.4) is 0 Å². The molecule has 0 aliphatic heterocycles. The van der Waals surface area contributed by atoms with Crippen LogP contribution in [0.5, 0.6) is 0 Å². The second kappa shape index (κ2) is 7.69. The Morgan fingerprint density at radius 2 is 1.92 bits per heavy atom. The maximum Gasteiger partial charge on any atom is 0.191 e. The fourth-order valence-electron chi connectivity index (χ4n) is 2.48. The molecule has 1 aromatic carbocycles. The van der Waals surface area contributed by atoms with Crippen molar-refractivity contribution in [1.82, 2.24) is 25.2 Å². The first-order valence-electron chi connectivity index (χ1n) is 7.84. The number of benzene rings is 1. The van der Waals surface area contributed by atoms with E-state index in [1.54, 1.807) is 7.05 Å². The minimum Gasteiger partial charge on any atom is -0.356 e. The standard InChI is InChI=1S/C17H18F2N6/c1-20-17(21-6-5-12-8-13(18)10-14(19)9-12)22-11-16-24-23-15-4-2-3-7-25(15)16/h2-4,7-10H,5-6,11H2,1H3,(H2,20,21,22). The third kappa shape index (κ3) is 4.28. The lowest BCUT2D eigenvalue weighted by Crippen LogP contribution is -2.38. The Hall–Kier alpha value is -3.03. The highest BCUT2D eigenvalue weighted by molar-refractivity contribution is 5.79. The maximum atomic E-state index is 13.2. The van der Waals surface area contributed by atoms with Crippen LogP contribution < -0.4 is 10.6 Å². The molecule has 25 heavy (non-hydrogen) atoms. The Labute approximate surface area is 143 Å². The van der Waals surface area contributed by atoms with Crippen LogP contribution in [0, 0.1) is 11.6 Å². The zero-order chi connectivity index (χ0) is 17.6. The number of guanidine groups is 1. The molecule has 2 heterocycles. The molecule has 3 aromatic rings. The van der Waals surface area contributed by atoms with Crippen molar-refractivity contribution >= 4 is 11.6 Å². The van der Waals surface area contributed by atoms with Crippen molar-refractivity contribution in [3.63, 3.8) is 0 Å². The lowest BCUT2D eigenvalue weighted by Gasteiger charge is -2.11. The van der Waals surface area contributed by atoms with Crippen LogP contribution >= 0.6 is 0 Å². The Kier molecular flexibility index (Phi) is 5.17. The number of hydrogen-bond donors (Lipinski definition) is 2. The summed E-state index contributed by atoms with van der Waals surface area (Å²) in [6.07, 6.45) is 2.37. The number of nitrogens with one attached hydrogen (secondary N) is 2. The van der Waals surface area contributed by atoms with Gasteiger partial charge < -0.3 is 10.6 Å². The molecule has 8 heteroatoms. The van der Waals surface area contributed by atoms with Crippen molar-refractivity contribution in [2.45, 2.75) is 13.0 Å². The van der Waals surface area contributed by atoms with E-state index in [9.17, 15) is 8.78 Å². The van der Waals surface area contributed by atoms with Crippen molar-refractivity contribution in [3.8, 4) is 0 Å². The molecule has 2 N–H and O–H groups in total. The second-order valence-electron chi connectivity index (χ2n) is 5.43. The minimum atomic E-state index is -0.573. The third-order valence-electron chi connectivity index (χ3n) is 3.65. The molecule has 0 saturated carbocycles. The van der Waals surface area contributed by atoms with Gasteiger partial charge in [-0.3, -0.25) is 9.39 Å². The molecule has 0 spiro atoms. The van der Waals surface area contributed by atoms with E-state index in [4.69, 9.17) is 0 Å². The topological polar surface area (TPSA) is 66.6 Å². The third-order valence-corrected chi connectivity index (χ3v) is 3.65. The molecule has 0 saturated heterocycles. The van der Waals surface area contributed by atoms with E-state index in [-0.39, 0.29) is 0 Å². The largest absolute Gasteiger partial charge is 0.356 e. The molecule has 2 aromatic heterocycles. The summed E-state index contributed by atoms with van der Waals surface area (Å²) in [5.74, 6) is 0.183. The smallest absolute Gasteiger partial charge is 0.191 e. The van der Waals surface area contributed by atoms with Gasteiger partial charge in [-0.25, -0.2) is 8.78 Å². The Bertz CT molecular complexity index is 869. The molecule has 0 bridgehead atoms. The molecule has 0 unspecified atom stereocenters. The Morgan fingerprint density at radius 1 is 1.12 bits per heavy atom. The molecular formula is C17H18F2N6. The number of aliphatic imine (C=N–C) groups is 1. The van der Waals surface area contributed by atoms with Crippen molar-refractivity contribution < 1.29 is 8.78 Å². The van der Waals surface area contributed by atoms with Crippen molar-refractivity contribution in [2.24, 2.45) is 4.99 Å². The average Bonchev–Trinajstić information content (AvgIpc) is 3.00. The lowest BCUT2D eigenvalue weighted by molar-refractivity contribution is 0.579. The minimum absolute atomic E-state index is 0.444. The van der Waals surface area contributed by atoms with Crippen LogP contribution in [-0.2, 0) is 13.0 Å². The van der Waals surface area contributed by atoms with Gasteiger partial charge >= 0.3 is 0 Å².